The van der Waals surface area contributed by atoms with Crippen LogP contribution in [-0.4, -0.2) is 45.5 Å². The van der Waals surface area contributed by atoms with Gasteiger partial charge in [-0.05, 0) is 13.3 Å². The molecule has 0 aliphatic heterocycles. The summed E-state index contributed by atoms with van der Waals surface area (Å²) in [5.41, 5.74) is 0. The number of aliphatic carboxylic acids is 2. The Hall–Kier alpha value is -1.59. The molecule has 0 saturated carbocycles. The molecule has 2 N–H and O–H groups in total. The Bertz CT molecular complexity index is 290. The van der Waals surface area contributed by atoms with Crippen LogP contribution >= 0.6 is 0 Å². The number of carboxylic acids is 2. The van der Waals surface area contributed by atoms with E-state index in [-0.39, 0.29) is 25.3 Å². The molecule has 1 unspecified atom stereocenters. The highest BCUT2D eigenvalue weighted by molar-refractivity contribution is 5.83. The van der Waals surface area contributed by atoms with Crippen LogP contribution in [0.1, 0.15) is 39.5 Å². The number of hydrogen-bond donors (Lipinski definition) is 2. The van der Waals surface area contributed by atoms with Crippen molar-refractivity contribution in [2.75, 3.05) is 6.54 Å². The Morgan fingerprint density at radius 1 is 1.18 bits per heavy atom. The van der Waals surface area contributed by atoms with E-state index in [1.807, 2.05) is 6.92 Å². The molecule has 6 heteroatoms. The molecule has 0 spiro atoms. The lowest BCUT2D eigenvalue weighted by Gasteiger charge is -2.26. The highest BCUT2D eigenvalue weighted by Gasteiger charge is 2.25. The van der Waals surface area contributed by atoms with Crippen LogP contribution in [0.25, 0.3) is 0 Å². The van der Waals surface area contributed by atoms with E-state index in [0.29, 0.717) is 6.42 Å². The number of carbonyl (C=O) groups is 3. The molecule has 0 radical (unpaired) electrons. The fraction of sp³-hybridized carbons (Fsp3) is 0.727. The smallest absolute Gasteiger partial charge is 0.326 e. The first kappa shape index (κ1) is 15.4. The molecule has 0 aliphatic carbocycles. The number of amides is 1. The van der Waals surface area contributed by atoms with Crippen molar-refractivity contribution in [1.29, 1.82) is 0 Å². The molecule has 0 aromatic rings. The zero-order chi connectivity index (χ0) is 13.4. The van der Waals surface area contributed by atoms with E-state index in [9.17, 15) is 14.4 Å². The summed E-state index contributed by atoms with van der Waals surface area (Å²) in [6.45, 7) is 3.24. The van der Waals surface area contributed by atoms with Crippen molar-refractivity contribution in [3.63, 3.8) is 0 Å². The molecule has 0 heterocycles. The second-order valence-electron chi connectivity index (χ2n) is 3.85. The third kappa shape index (κ3) is 5.89. The fourth-order valence-corrected chi connectivity index (χ4v) is 1.36. The third-order valence-corrected chi connectivity index (χ3v) is 2.46. The van der Waals surface area contributed by atoms with Crippen molar-refractivity contribution in [2.45, 2.75) is 45.6 Å². The van der Waals surface area contributed by atoms with Gasteiger partial charge in [0.15, 0.2) is 0 Å². The Labute approximate surface area is 100 Å². The quantitative estimate of drug-likeness (QED) is 0.664. The molecule has 0 bridgehead atoms. The van der Waals surface area contributed by atoms with E-state index in [1.165, 1.54) is 6.92 Å². The first-order valence-electron chi connectivity index (χ1n) is 5.64. The topological polar surface area (TPSA) is 94.9 Å². The average Bonchev–Trinajstić information content (AvgIpc) is 2.25. The maximum atomic E-state index is 11.7. The van der Waals surface area contributed by atoms with Crippen LogP contribution in [0.3, 0.4) is 0 Å². The summed E-state index contributed by atoms with van der Waals surface area (Å²) >= 11 is 0. The highest BCUT2D eigenvalue weighted by atomic mass is 16.4. The zero-order valence-corrected chi connectivity index (χ0v) is 10.2. The summed E-state index contributed by atoms with van der Waals surface area (Å²) in [5, 5.41) is 17.4. The molecular formula is C11H19NO5. The summed E-state index contributed by atoms with van der Waals surface area (Å²) in [6, 6.07) is -0.987. The van der Waals surface area contributed by atoms with Crippen molar-refractivity contribution in [3.05, 3.63) is 0 Å². The first-order chi connectivity index (χ1) is 7.90. The van der Waals surface area contributed by atoms with Gasteiger partial charge in [-0.2, -0.15) is 0 Å². The van der Waals surface area contributed by atoms with Gasteiger partial charge in [0.2, 0.25) is 5.91 Å². The number of unbranched alkanes of at least 4 members (excludes halogenated alkanes) is 1. The molecule has 0 aromatic heterocycles. The lowest BCUT2D eigenvalue weighted by Crippen LogP contribution is -2.44. The van der Waals surface area contributed by atoms with E-state index < -0.39 is 18.0 Å². The third-order valence-electron chi connectivity index (χ3n) is 2.46. The van der Waals surface area contributed by atoms with Crippen LogP contribution in [0.15, 0.2) is 0 Å². The van der Waals surface area contributed by atoms with Gasteiger partial charge < -0.3 is 15.1 Å². The summed E-state index contributed by atoms with van der Waals surface area (Å²) in [5.74, 6) is -2.47. The Morgan fingerprint density at radius 2 is 1.76 bits per heavy atom. The number of hydrogen-bond acceptors (Lipinski definition) is 3. The molecule has 0 saturated heterocycles. The fourth-order valence-electron chi connectivity index (χ4n) is 1.36. The summed E-state index contributed by atoms with van der Waals surface area (Å²) in [4.78, 5) is 34.1. The van der Waals surface area contributed by atoms with E-state index in [4.69, 9.17) is 10.2 Å². The second-order valence-corrected chi connectivity index (χ2v) is 3.85. The molecule has 98 valence electrons. The number of nitrogens with zero attached hydrogens (tertiary/aromatic N) is 1. The van der Waals surface area contributed by atoms with E-state index in [1.54, 1.807) is 0 Å². The van der Waals surface area contributed by atoms with Crippen molar-refractivity contribution in [3.8, 4) is 0 Å². The van der Waals surface area contributed by atoms with Crippen LogP contribution in [0, 0.1) is 0 Å². The Balaban J connectivity index is 4.53. The lowest BCUT2D eigenvalue weighted by atomic mass is 10.2. The molecule has 6 nitrogen and oxygen atoms in total. The van der Waals surface area contributed by atoms with Crippen LogP contribution in [0.2, 0.25) is 0 Å². The standard InChI is InChI=1S/C11H19NO5/c1-3-4-5-9(13)12(7-6-10(14)15)8(2)11(16)17/h8H,3-7H2,1-2H3,(H,14,15)(H,16,17). The molecule has 1 atom stereocenters. The molecule has 17 heavy (non-hydrogen) atoms. The molecular weight excluding hydrogens is 226 g/mol. The van der Waals surface area contributed by atoms with Gasteiger partial charge in [0.1, 0.15) is 6.04 Å². The van der Waals surface area contributed by atoms with Gasteiger partial charge in [0.25, 0.3) is 0 Å². The zero-order valence-electron chi connectivity index (χ0n) is 10.2. The summed E-state index contributed by atoms with van der Waals surface area (Å²) in [7, 11) is 0. The SMILES string of the molecule is CCCCC(=O)N(CCC(=O)O)C(C)C(=O)O. The van der Waals surface area contributed by atoms with Gasteiger partial charge in [-0.15, -0.1) is 0 Å². The van der Waals surface area contributed by atoms with Gasteiger partial charge in [0, 0.05) is 13.0 Å². The van der Waals surface area contributed by atoms with Crippen LogP contribution < -0.4 is 0 Å². The monoisotopic (exact) mass is 245 g/mol. The number of carbonyl (C=O) groups excluding carboxylic acids is 1. The van der Waals surface area contributed by atoms with E-state index in [2.05, 4.69) is 0 Å². The van der Waals surface area contributed by atoms with Gasteiger partial charge in [-0.3, -0.25) is 9.59 Å². The highest BCUT2D eigenvalue weighted by Crippen LogP contribution is 2.07. The van der Waals surface area contributed by atoms with Crippen LogP contribution in [-0.2, 0) is 14.4 Å². The number of carboxylic acid groups (broad SMARTS) is 2. The second kappa shape index (κ2) is 7.65. The van der Waals surface area contributed by atoms with Gasteiger partial charge in [-0.1, -0.05) is 13.3 Å². The molecule has 1 amide bonds. The maximum absolute atomic E-state index is 11.7. The van der Waals surface area contributed by atoms with Crippen molar-refractivity contribution in [2.24, 2.45) is 0 Å². The maximum Gasteiger partial charge on any atom is 0.326 e. The molecule has 0 aromatic carbocycles. The average molecular weight is 245 g/mol. The molecule has 0 rings (SSSR count). The minimum atomic E-state index is -1.12. The van der Waals surface area contributed by atoms with E-state index >= 15 is 0 Å². The van der Waals surface area contributed by atoms with Gasteiger partial charge >= 0.3 is 11.9 Å². The van der Waals surface area contributed by atoms with Crippen molar-refractivity contribution < 1.29 is 24.6 Å². The normalized spacial score (nSPS) is 11.9. The lowest BCUT2D eigenvalue weighted by molar-refractivity contribution is -0.150. The van der Waals surface area contributed by atoms with Gasteiger partial charge in [0.05, 0.1) is 6.42 Å². The minimum Gasteiger partial charge on any atom is -0.481 e. The van der Waals surface area contributed by atoms with Crippen LogP contribution in [0.4, 0.5) is 0 Å². The largest absolute Gasteiger partial charge is 0.481 e. The van der Waals surface area contributed by atoms with Crippen LogP contribution in [0.5, 0.6) is 0 Å². The van der Waals surface area contributed by atoms with Crippen molar-refractivity contribution in [1.82, 2.24) is 4.90 Å². The molecule has 0 aliphatic rings. The Kier molecular flexibility index (Phi) is 6.93. The van der Waals surface area contributed by atoms with Gasteiger partial charge in [-0.25, -0.2) is 4.79 Å². The van der Waals surface area contributed by atoms with Crippen molar-refractivity contribution >= 4 is 17.8 Å². The van der Waals surface area contributed by atoms with E-state index in [0.717, 1.165) is 11.3 Å². The Morgan fingerprint density at radius 3 is 2.18 bits per heavy atom. The predicted octanol–water partition coefficient (Wildman–Crippen LogP) is 0.953. The molecule has 0 fully saturated rings. The number of rotatable bonds is 8. The predicted molar refractivity (Wildman–Crippen MR) is 60.6 cm³/mol. The summed E-state index contributed by atoms with van der Waals surface area (Å²) in [6.07, 6.45) is 1.53. The first-order valence-corrected chi connectivity index (χ1v) is 5.64. The minimum absolute atomic E-state index is 0.0641. The summed E-state index contributed by atoms with van der Waals surface area (Å²) < 4.78 is 0.